The number of amides is 4. The maximum Gasteiger partial charge on any atom is 0.328 e. The molecule has 1 saturated carbocycles. The SMILES string of the molecule is CC[C@@H](C)[C@@H](NC(=O)CN1C(=O)NC2(CCC(C)CC2)C1=O)C(=O)OC. The van der Waals surface area contributed by atoms with Crippen LogP contribution in [0.2, 0.25) is 0 Å². The Balaban J connectivity index is 2.03. The minimum absolute atomic E-state index is 0.124. The Morgan fingerprint density at radius 1 is 1.35 bits per heavy atom. The van der Waals surface area contributed by atoms with Crippen molar-refractivity contribution in [1.82, 2.24) is 15.5 Å². The van der Waals surface area contributed by atoms with Crippen LogP contribution in [0.3, 0.4) is 0 Å². The lowest BCUT2D eigenvalue weighted by Gasteiger charge is -2.33. The molecule has 0 aromatic carbocycles. The smallest absolute Gasteiger partial charge is 0.328 e. The van der Waals surface area contributed by atoms with Crippen LogP contribution in [0.4, 0.5) is 4.79 Å². The summed E-state index contributed by atoms with van der Waals surface area (Å²) in [5, 5.41) is 5.38. The van der Waals surface area contributed by atoms with Crippen LogP contribution in [0.25, 0.3) is 0 Å². The first-order valence-corrected chi connectivity index (χ1v) is 9.25. The molecule has 2 atom stereocenters. The minimum atomic E-state index is -0.873. The van der Waals surface area contributed by atoms with Crippen molar-refractivity contribution in [3.63, 3.8) is 0 Å². The standard InChI is InChI=1S/C18H29N3O5/c1-5-12(3)14(15(23)26-4)19-13(22)10-21-16(24)18(20-17(21)25)8-6-11(2)7-9-18/h11-12,14H,5-10H2,1-4H3,(H,19,22)(H,20,25)/t11?,12-,14-,18?/m1/s1. The third-order valence-corrected chi connectivity index (χ3v) is 5.66. The number of carbonyl (C=O) groups excluding carboxylic acids is 4. The number of hydrogen-bond donors (Lipinski definition) is 2. The van der Waals surface area contributed by atoms with E-state index in [1.165, 1.54) is 7.11 Å². The van der Waals surface area contributed by atoms with Gasteiger partial charge in [-0.3, -0.25) is 14.5 Å². The Morgan fingerprint density at radius 3 is 2.50 bits per heavy atom. The Kier molecular flexibility index (Phi) is 6.26. The Labute approximate surface area is 154 Å². The third kappa shape index (κ3) is 3.99. The fourth-order valence-corrected chi connectivity index (χ4v) is 3.57. The van der Waals surface area contributed by atoms with Gasteiger partial charge in [-0.05, 0) is 37.5 Å². The predicted molar refractivity (Wildman–Crippen MR) is 94.0 cm³/mol. The van der Waals surface area contributed by atoms with E-state index < -0.39 is 36.0 Å². The van der Waals surface area contributed by atoms with Crippen molar-refractivity contribution in [2.24, 2.45) is 11.8 Å². The molecule has 4 amide bonds. The van der Waals surface area contributed by atoms with Crippen molar-refractivity contribution < 1.29 is 23.9 Å². The fourth-order valence-electron chi connectivity index (χ4n) is 3.57. The average Bonchev–Trinajstić information content (AvgIpc) is 2.85. The zero-order chi connectivity index (χ0) is 19.5. The van der Waals surface area contributed by atoms with Crippen LogP contribution in [0.15, 0.2) is 0 Å². The Hall–Kier alpha value is -2.12. The zero-order valence-electron chi connectivity index (χ0n) is 16.0. The summed E-state index contributed by atoms with van der Waals surface area (Å²) in [4.78, 5) is 50.3. The molecule has 8 nitrogen and oxygen atoms in total. The lowest BCUT2D eigenvalue weighted by Crippen LogP contribution is -2.51. The monoisotopic (exact) mass is 367 g/mol. The summed E-state index contributed by atoms with van der Waals surface area (Å²) < 4.78 is 4.74. The molecule has 1 aliphatic heterocycles. The minimum Gasteiger partial charge on any atom is -0.467 e. The van der Waals surface area contributed by atoms with Gasteiger partial charge in [0.2, 0.25) is 5.91 Å². The van der Waals surface area contributed by atoms with Crippen LogP contribution in [0.1, 0.15) is 52.9 Å². The van der Waals surface area contributed by atoms with Crippen LogP contribution in [0, 0.1) is 11.8 Å². The van der Waals surface area contributed by atoms with E-state index in [-0.39, 0.29) is 11.8 Å². The molecule has 0 radical (unpaired) electrons. The number of esters is 1. The van der Waals surface area contributed by atoms with Crippen LogP contribution < -0.4 is 10.6 Å². The number of nitrogens with one attached hydrogen (secondary N) is 2. The lowest BCUT2D eigenvalue weighted by atomic mass is 9.77. The highest BCUT2D eigenvalue weighted by Crippen LogP contribution is 2.36. The van der Waals surface area contributed by atoms with E-state index in [1.54, 1.807) is 0 Å². The zero-order valence-corrected chi connectivity index (χ0v) is 16.0. The first-order chi connectivity index (χ1) is 12.2. The van der Waals surface area contributed by atoms with Gasteiger partial charge in [0.1, 0.15) is 18.1 Å². The summed E-state index contributed by atoms with van der Waals surface area (Å²) in [6.07, 6.45) is 3.59. The van der Waals surface area contributed by atoms with Gasteiger partial charge in [-0.25, -0.2) is 9.59 Å². The molecule has 1 heterocycles. The van der Waals surface area contributed by atoms with Gasteiger partial charge >= 0.3 is 12.0 Å². The van der Waals surface area contributed by atoms with Crippen molar-refractivity contribution in [1.29, 1.82) is 0 Å². The number of methoxy groups -OCH3 is 1. The number of carbonyl (C=O) groups is 4. The molecule has 2 rings (SSSR count). The van der Waals surface area contributed by atoms with E-state index in [2.05, 4.69) is 17.6 Å². The van der Waals surface area contributed by atoms with E-state index in [1.807, 2.05) is 13.8 Å². The quantitative estimate of drug-likeness (QED) is 0.542. The first-order valence-electron chi connectivity index (χ1n) is 9.25. The number of imide groups is 1. The van der Waals surface area contributed by atoms with Gasteiger partial charge in [-0.15, -0.1) is 0 Å². The van der Waals surface area contributed by atoms with Crippen LogP contribution in [-0.4, -0.2) is 54.0 Å². The van der Waals surface area contributed by atoms with Crippen LogP contribution in [0.5, 0.6) is 0 Å². The summed E-state index contributed by atoms with van der Waals surface area (Å²) in [5.74, 6) is -1.03. The van der Waals surface area contributed by atoms with Crippen molar-refractivity contribution in [2.75, 3.05) is 13.7 Å². The molecule has 146 valence electrons. The molecule has 1 aliphatic carbocycles. The molecule has 0 aromatic heterocycles. The molecule has 0 aromatic rings. The van der Waals surface area contributed by atoms with E-state index in [0.717, 1.165) is 17.7 Å². The number of urea groups is 1. The van der Waals surface area contributed by atoms with Gasteiger partial charge in [-0.2, -0.15) is 0 Å². The molecule has 1 saturated heterocycles. The normalized spacial score (nSPS) is 27.8. The molecule has 2 aliphatic rings. The molecule has 26 heavy (non-hydrogen) atoms. The predicted octanol–water partition coefficient (Wildman–Crippen LogP) is 1.19. The molecule has 1 spiro atoms. The van der Waals surface area contributed by atoms with E-state index in [0.29, 0.717) is 25.2 Å². The summed E-state index contributed by atoms with van der Waals surface area (Å²) >= 11 is 0. The van der Waals surface area contributed by atoms with Gasteiger partial charge < -0.3 is 15.4 Å². The van der Waals surface area contributed by atoms with Gasteiger partial charge in [0.05, 0.1) is 7.11 Å². The maximum absolute atomic E-state index is 12.8. The van der Waals surface area contributed by atoms with Gasteiger partial charge in [0.25, 0.3) is 5.91 Å². The largest absolute Gasteiger partial charge is 0.467 e. The molecular formula is C18H29N3O5. The van der Waals surface area contributed by atoms with E-state index >= 15 is 0 Å². The number of ether oxygens (including phenoxy) is 1. The molecule has 0 bridgehead atoms. The number of nitrogens with zero attached hydrogens (tertiary/aromatic N) is 1. The van der Waals surface area contributed by atoms with Crippen LogP contribution >= 0.6 is 0 Å². The van der Waals surface area contributed by atoms with Gasteiger partial charge in [0, 0.05) is 0 Å². The highest BCUT2D eigenvalue weighted by atomic mass is 16.5. The second kappa shape index (κ2) is 8.05. The highest BCUT2D eigenvalue weighted by Gasteiger charge is 2.52. The summed E-state index contributed by atoms with van der Waals surface area (Å²) in [6.45, 7) is 5.46. The summed E-state index contributed by atoms with van der Waals surface area (Å²) in [6, 6.07) is -1.35. The average molecular weight is 367 g/mol. The maximum atomic E-state index is 12.8. The highest BCUT2D eigenvalue weighted by molar-refractivity contribution is 6.09. The Morgan fingerprint density at radius 2 is 1.96 bits per heavy atom. The first kappa shape index (κ1) is 20.2. The van der Waals surface area contributed by atoms with Crippen LogP contribution in [-0.2, 0) is 19.1 Å². The number of rotatable bonds is 6. The Bertz CT molecular complexity index is 583. The summed E-state index contributed by atoms with van der Waals surface area (Å²) in [7, 11) is 1.26. The van der Waals surface area contributed by atoms with Gasteiger partial charge in [-0.1, -0.05) is 27.2 Å². The second-order valence-electron chi connectivity index (χ2n) is 7.54. The van der Waals surface area contributed by atoms with Crippen molar-refractivity contribution >= 4 is 23.8 Å². The molecule has 8 heteroatoms. The topological polar surface area (TPSA) is 105 Å². The van der Waals surface area contributed by atoms with Crippen molar-refractivity contribution in [3.05, 3.63) is 0 Å². The lowest BCUT2D eigenvalue weighted by molar-refractivity contribution is -0.146. The van der Waals surface area contributed by atoms with E-state index in [4.69, 9.17) is 4.74 Å². The molecule has 2 fully saturated rings. The van der Waals surface area contributed by atoms with E-state index in [9.17, 15) is 19.2 Å². The van der Waals surface area contributed by atoms with Crippen molar-refractivity contribution in [2.45, 2.75) is 64.5 Å². The van der Waals surface area contributed by atoms with Gasteiger partial charge in [0.15, 0.2) is 0 Å². The molecule has 0 unspecified atom stereocenters. The van der Waals surface area contributed by atoms with Crippen molar-refractivity contribution in [3.8, 4) is 0 Å². The fraction of sp³-hybridized carbons (Fsp3) is 0.778. The number of hydrogen-bond acceptors (Lipinski definition) is 5. The summed E-state index contributed by atoms with van der Waals surface area (Å²) in [5.41, 5.74) is -0.873. The molecular weight excluding hydrogens is 338 g/mol. The molecule has 2 N–H and O–H groups in total. The third-order valence-electron chi connectivity index (χ3n) is 5.66. The second-order valence-corrected chi connectivity index (χ2v) is 7.54.